The first-order valence-corrected chi connectivity index (χ1v) is 5.60. The van der Waals surface area contributed by atoms with Gasteiger partial charge in [0, 0.05) is 13.7 Å². The minimum atomic E-state index is -0.874. The number of carboxylic acids is 1. The SMILES string of the molecule is C#CCN(CC(=O)O)Cc1ccc(COC)cc1. The Morgan fingerprint density at radius 1 is 1.39 bits per heavy atom. The van der Waals surface area contributed by atoms with Gasteiger partial charge in [0.2, 0.25) is 0 Å². The van der Waals surface area contributed by atoms with Crippen LogP contribution in [0, 0.1) is 12.3 Å². The van der Waals surface area contributed by atoms with E-state index in [9.17, 15) is 4.79 Å². The van der Waals surface area contributed by atoms with Crippen molar-refractivity contribution in [1.82, 2.24) is 4.90 Å². The number of methoxy groups -OCH3 is 1. The highest BCUT2D eigenvalue weighted by molar-refractivity contribution is 5.69. The molecule has 0 atom stereocenters. The van der Waals surface area contributed by atoms with E-state index in [1.54, 1.807) is 12.0 Å². The molecule has 0 spiro atoms. The van der Waals surface area contributed by atoms with Crippen molar-refractivity contribution in [2.75, 3.05) is 20.2 Å². The molecule has 18 heavy (non-hydrogen) atoms. The predicted molar refractivity (Wildman–Crippen MR) is 68.9 cm³/mol. The lowest BCUT2D eigenvalue weighted by Gasteiger charge is -2.17. The number of carbonyl (C=O) groups is 1. The molecule has 0 fully saturated rings. The van der Waals surface area contributed by atoms with Crippen LogP contribution in [0.3, 0.4) is 0 Å². The van der Waals surface area contributed by atoms with Gasteiger partial charge in [-0.05, 0) is 11.1 Å². The monoisotopic (exact) mass is 247 g/mol. The van der Waals surface area contributed by atoms with Gasteiger partial charge in [0.15, 0.2) is 0 Å². The fourth-order valence-electron chi connectivity index (χ4n) is 1.65. The molecule has 1 N–H and O–H groups in total. The Bertz CT molecular complexity index is 420. The van der Waals surface area contributed by atoms with E-state index in [2.05, 4.69) is 5.92 Å². The first-order valence-electron chi connectivity index (χ1n) is 5.60. The molecule has 0 aliphatic carbocycles. The van der Waals surface area contributed by atoms with Crippen LogP contribution in [0.15, 0.2) is 24.3 Å². The van der Waals surface area contributed by atoms with Crippen molar-refractivity contribution >= 4 is 5.97 Å². The van der Waals surface area contributed by atoms with Crippen molar-refractivity contribution in [2.45, 2.75) is 13.2 Å². The van der Waals surface area contributed by atoms with E-state index in [0.717, 1.165) is 11.1 Å². The van der Waals surface area contributed by atoms with Gasteiger partial charge in [0.25, 0.3) is 0 Å². The van der Waals surface area contributed by atoms with E-state index in [0.29, 0.717) is 19.7 Å². The molecule has 0 aromatic heterocycles. The minimum Gasteiger partial charge on any atom is -0.480 e. The molecule has 4 nitrogen and oxygen atoms in total. The minimum absolute atomic E-state index is 0.0516. The third-order valence-electron chi connectivity index (χ3n) is 2.41. The maximum atomic E-state index is 10.7. The van der Waals surface area contributed by atoms with Gasteiger partial charge in [0.05, 0.1) is 19.7 Å². The first kappa shape index (κ1) is 14.2. The van der Waals surface area contributed by atoms with E-state index in [1.165, 1.54) is 0 Å². The van der Waals surface area contributed by atoms with Crippen LogP contribution in [-0.4, -0.2) is 36.2 Å². The Morgan fingerprint density at radius 2 is 2.00 bits per heavy atom. The second-order valence-corrected chi connectivity index (χ2v) is 3.99. The highest BCUT2D eigenvalue weighted by Gasteiger charge is 2.08. The van der Waals surface area contributed by atoms with Crippen LogP contribution < -0.4 is 0 Å². The normalized spacial score (nSPS) is 10.3. The Balaban J connectivity index is 2.63. The summed E-state index contributed by atoms with van der Waals surface area (Å²) in [5, 5.41) is 8.78. The van der Waals surface area contributed by atoms with Gasteiger partial charge in [-0.1, -0.05) is 30.2 Å². The van der Waals surface area contributed by atoms with E-state index >= 15 is 0 Å². The molecule has 0 saturated heterocycles. The molecule has 0 heterocycles. The molecule has 0 saturated carbocycles. The number of rotatable bonds is 7. The van der Waals surface area contributed by atoms with Gasteiger partial charge in [-0.3, -0.25) is 9.69 Å². The molecule has 0 radical (unpaired) electrons. The van der Waals surface area contributed by atoms with Crippen LogP contribution in [0.5, 0.6) is 0 Å². The fourth-order valence-corrected chi connectivity index (χ4v) is 1.65. The van der Waals surface area contributed by atoms with Crippen molar-refractivity contribution in [3.05, 3.63) is 35.4 Å². The quantitative estimate of drug-likeness (QED) is 0.739. The van der Waals surface area contributed by atoms with Crippen molar-refractivity contribution in [2.24, 2.45) is 0 Å². The Labute approximate surface area is 107 Å². The van der Waals surface area contributed by atoms with Crippen molar-refractivity contribution < 1.29 is 14.6 Å². The molecule has 1 rings (SSSR count). The second kappa shape index (κ2) is 7.49. The summed E-state index contributed by atoms with van der Waals surface area (Å²) in [7, 11) is 1.65. The smallest absolute Gasteiger partial charge is 0.317 e. The highest BCUT2D eigenvalue weighted by atomic mass is 16.5. The maximum Gasteiger partial charge on any atom is 0.317 e. The Kier molecular flexibility index (Phi) is 5.92. The van der Waals surface area contributed by atoms with Crippen LogP contribution in [0.25, 0.3) is 0 Å². The van der Waals surface area contributed by atoms with Crippen LogP contribution >= 0.6 is 0 Å². The largest absolute Gasteiger partial charge is 0.480 e. The van der Waals surface area contributed by atoms with Gasteiger partial charge < -0.3 is 9.84 Å². The standard InChI is InChI=1S/C14H17NO3/c1-3-8-15(10-14(16)17)9-12-4-6-13(7-5-12)11-18-2/h1,4-7H,8-11H2,2H3,(H,16,17). The van der Waals surface area contributed by atoms with Crippen LogP contribution in [0.4, 0.5) is 0 Å². The summed E-state index contributed by atoms with van der Waals surface area (Å²) in [5.41, 5.74) is 2.12. The Hall–Kier alpha value is -1.83. The average molecular weight is 247 g/mol. The topological polar surface area (TPSA) is 49.8 Å². The zero-order chi connectivity index (χ0) is 13.4. The highest BCUT2D eigenvalue weighted by Crippen LogP contribution is 2.08. The van der Waals surface area contributed by atoms with E-state index in [4.69, 9.17) is 16.3 Å². The zero-order valence-electron chi connectivity index (χ0n) is 10.4. The van der Waals surface area contributed by atoms with Gasteiger partial charge in [0.1, 0.15) is 0 Å². The van der Waals surface area contributed by atoms with Gasteiger partial charge in [-0.25, -0.2) is 0 Å². The van der Waals surface area contributed by atoms with Crippen molar-refractivity contribution in [1.29, 1.82) is 0 Å². The number of hydrogen-bond donors (Lipinski definition) is 1. The van der Waals surface area contributed by atoms with E-state index < -0.39 is 5.97 Å². The van der Waals surface area contributed by atoms with Crippen molar-refractivity contribution in [3.8, 4) is 12.3 Å². The van der Waals surface area contributed by atoms with Crippen molar-refractivity contribution in [3.63, 3.8) is 0 Å². The molecule has 1 aromatic rings. The molecule has 0 amide bonds. The summed E-state index contributed by atoms with van der Waals surface area (Å²) in [6.07, 6.45) is 5.22. The average Bonchev–Trinajstić information content (AvgIpc) is 2.31. The van der Waals surface area contributed by atoms with E-state index in [1.807, 2.05) is 24.3 Å². The lowest BCUT2D eigenvalue weighted by atomic mass is 10.1. The summed E-state index contributed by atoms with van der Waals surface area (Å²) in [4.78, 5) is 12.4. The summed E-state index contributed by atoms with van der Waals surface area (Å²) in [6, 6.07) is 7.85. The number of carboxylic acid groups (broad SMARTS) is 1. The molecule has 0 aliphatic rings. The molecule has 1 aromatic carbocycles. The van der Waals surface area contributed by atoms with Gasteiger partial charge >= 0.3 is 5.97 Å². The number of nitrogens with zero attached hydrogens (tertiary/aromatic N) is 1. The van der Waals surface area contributed by atoms with Gasteiger partial charge in [-0.2, -0.15) is 0 Å². The number of benzene rings is 1. The number of aliphatic carboxylic acids is 1. The van der Waals surface area contributed by atoms with Crippen LogP contribution in [0.2, 0.25) is 0 Å². The molecule has 0 bridgehead atoms. The lowest BCUT2D eigenvalue weighted by Crippen LogP contribution is -2.29. The zero-order valence-corrected chi connectivity index (χ0v) is 10.4. The summed E-state index contributed by atoms with van der Waals surface area (Å²) in [6.45, 7) is 1.38. The van der Waals surface area contributed by atoms with Gasteiger partial charge in [-0.15, -0.1) is 6.42 Å². The van der Waals surface area contributed by atoms with E-state index in [-0.39, 0.29) is 6.54 Å². The molecule has 0 unspecified atom stereocenters. The number of terminal acetylenes is 1. The third kappa shape index (κ3) is 5.00. The van der Waals surface area contributed by atoms with Crippen LogP contribution in [0.1, 0.15) is 11.1 Å². The predicted octanol–water partition coefficient (Wildman–Crippen LogP) is 1.35. The maximum absolute atomic E-state index is 10.7. The second-order valence-electron chi connectivity index (χ2n) is 3.99. The summed E-state index contributed by atoms with van der Waals surface area (Å²) in [5.74, 6) is 1.59. The lowest BCUT2D eigenvalue weighted by molar-refractivity contribution is -0.138. The first-order chi connectivity index (χ1) is 8.65. The fraction of sp³-hybridized carbons (Fsp3) is 0.357. The molecule has 0 aliphatic heterocycles. The molecular formula is C14H17NO3. The molecular weight excluding hydrogens is 230 g/mol. The summed E-state index contributed by atoms with van der Waals surface area (Å²) >= 11 is 0. The molecule has 96 valence electrons. The Morgan fingerprint density at radius 3 is 2.50 bits per heavy atom. The third-order valence-corrected chi connectivity index (χ3v) is 2.41. The van der Waals surface area contributed by atoms with Crippen LogP contribution in [-0.2, 0) is 22.7 Å². The number of hydrogen-bond acceptors (Lipinski definition) is 3. The number of ether oxygens (including phenoxy) is 1. The molecule has 4 heteroatoms. The summed E-state index contributed by atoms with van der Waals surface area (Å²) < 4.78 is 5.03.